The quantitative estimate of drug-likeness (QED) is 0.652. The van der Waals surface area contributed by atoms with E-state index in [1.165, 1.54) is 4.57 Å². The van der Waals surface area contributed by atoms with Gasteiger partial charge < -0.3 is 4.42 Å². The van der Waals surface area contributed by atoms with Gasteiger partial charge in [-0.2, -0.15) is 0 Å². The van der Waals surface area contributed by atoms with Gasteiger partial charge in [-0.15, -0.1) is 0 Å². The van der Waals surface area contributed by atoms with Crippen LogP contribution in [0.15, 0.2) is 39.7 Å². The lowest BCUT2D eigenvalue weighted by atomic mass is 10.1. The number of benzene rings is 1. The topological polar surface area (TPSA) is 60.9 Å². The van der Waals surface area contributed by atoms with Gasteiger partial charge in [0, 0.05) is 18.8 Å². The Labute approximate surface area is 103 Å². The molecule has 3 rings (SSSR count). The van der Waals surface area contributed by atoms with Gasteiger partial charge in [0.05, 0.1) is 11.2 Å². The highest BCUT2D eigenvalue weighted by atomic mass is 16.4. The molecule has 2 aromatic heterocycles. The van der Waals surface area contributed by atoms with Gasteiger partial charge in [0.25, 0.3) is 0 Å². The molecular weight excluding hydrogens is 230 g/mol. The van der Waals surface area contributed by atoms with Crippen LogP contribution in [0.5, 0.6) is 0 Å². The van der Waals surface area contributed by atoms with E-state index in [2.05, 4.69) is 9.97 Å². The summed E-state index contributed by atoms with van der Waals surface area (Å²) in [5, 5.41) is 0. The summed E-state index contributed by atoms with van der Waals surface area (Å²) in [5.41, 5.74) is 3.06. The summed E-state index contributed by atoms with van der Waals surface area (Å²) >= 11 is 0. The number of hydrogen-bond donors (Lipinski definition) is 0. The van der Waals surface area contributed by atoms with Gasteiger partial charge in [0.15, 0.2) is 5.58 Å². The summed E-state index contributed by atoms with van der Waals surface area (Å²) < 4.78 is 6.63. The van der Waals surface area contributed by atoms with Gasteiger partial charge >= 0.3 is 5.76 Å². The number of fused-ring (bicyclic) bond motifs is 1. The lowest BCUT2D eigenvalue weighted by Gasteiger charge is -2.01. The first kappa shape index (κ1) is 10.7. The normalized spacial score (nSPS) is 11.0. The molecule has 0 unspecified atom stereocenters. The van der Waals surface area contributed by atoms with Crippen molar-refractivity contribution in [2.45, 2.75) is 6.92 Å². The molecule has 5 heteroatoms. The molecule has 0 N–H and O–H groups in total. The molecule has 0 aliphatic rings. The van der Waals surface area contributed by atoms with E-state index in [1.54, 1.807) is 13.2 Å². The van der Waals surface area contributed by atoms with E-state index in [0.29, 0.717) is 11.4 Å². The maximum Gasteiger partial charge on any atom is 0.419 e. The fourth-order valence-corrected chi connectivity index (χ4v) is 1.91. The molecule has 0 fully saturated rings. The second kappa shape index (κ2) is 3.80. The average molecular weight is 241 g/mol. The van der Waals surface area contributed by atoms with Crippen molar-refractivity contribution in [3.8, 4) is 11.3 Å². The standard InChI is InChI=1S/C13H11N3O2/c1-8-14-6-5-10(15-8)9-3-4-11-12(7-9)18-13(17)16(11)2/h3-7H,1-2H3. The van der Waals surface area contributed by atoms with Crippen LogP contribution in [-0.2, 0) is 7.05 Å². The maximum atomic E-state index is 11.4. The second-order valence-electron chi connectivity index (χ2n) is 4.10. The molecule has 0 aliphatic carbocycles. The third kappa shape index (κ3) is 1.60. The number of hydrogen-bond acceptors (Lipinski definition) is 4. The Morgan fingerprint density at radius 1 is 1.28 bits per heavy atom. The molecule has 0 radical (unpaired) electrons. The van der Waals surface area contributed by atoms with Crippen LogP contribution in [-0.4, -0.2) is 14.5 Å². The zero-order chi connectivity index (χ0) is 12.7. The van der Waals surface area contributed by atoms with E-state index < -0.39 is 0 Å². The molecule has 0 atom stereocenters. The number of rotatable bonds is 1. The van der Waals surface area contributed by atoms with Crippen molar-refractivity contribution in [3.05, 3.63) is 46.8 Å². The van der Waals surface area contributed by atoms with Crippen LogP contribution in [0.2, 0.25) is 0 Å². The molecule has 0 bridgehead atoms. The number of oxazole rings is 1. The zero-order valence-corrected chi connectivity index (χ0v) is 10.0. The van der Waals surface area contributed by atoms with Crippen LogP contribution in [0.1, 0.15) is 5.82 Å². The lowest BCUT2D eigenvalue weighted by molar-refractivity contribution is 0.528. The van der Waals surface area contributed by atoms with Crippen molar-refractivity contribution >= 4 is 11.1 Å². The third-order valence-electron chi connectivity index (χ3n) is 2.86. The van der Waals surface area contributed by atoms with Crippen molar-refractivity contribution in [2.24, 2.45) is 7.05 Å². The number of aromatic nitrogens is 3. The van der Waals surface area contributed by atoms with E-state index in [0.717, 1.165) is 16.8 Å². The molecule has 3 aromatic rings. The molecule has 0 aliphatic heterocycles. The summed E-state index contributed by atoms with van der Waals surface area (Å²) in [6.45, 7) is 1.84. The highest BCUT2D eigenvalue weighted by molar-refractivity contribution is 5.79. The monoisotopic (exact) mass is 241 g/mol. The second-order valence-corrected chi connectivity index (χ2v) is 4.10. The Hall–Kier alpha value is -2.43. The van der Waals surface area contributed by atoms with Gasteiger partial charge in [-0.3, -0.25) is 4.57 Å². The van der Waals surface area contributed by atoms with Crippen molar-refractivity contribution < 1.29 is 4.42 Å². The molecule has 0 amide bonds. The Balaban J connectivity index is 2.22. The largest absolute Gasteiger partial charge is 0.419 e. The Bertz CT molecular complexity index is 786. The van der Waals surface area contributed by atoms with Crippen LogP contribution < -0.4 is 5.76 Å². The minimum Gasteiger partial charge on any atom is -0.408 e. The zero-order valence-electron chi connectivity index (χ0n) is 10.0. The van der Waals surface area contributed by atoms with Crippen LogP contribution in [0.25, 0.3) is 22.4 Å². The average Bonchev–Trinajstić information content (AvgIpc) is 2.65. The minimum atomic E-state index is -0.360. The fraction of sp³-hybridized carbons (Fsp3) is 0.154. The molecule has 1 aromatic carbocycles. The smallest absolute Gasteiger partial charge is 0.408 e. The predicted octanol–water partition coefficient (Wildman–Crippen LogP) is 1.90. The molecule has 5 nitrogen and oxygen atoms in total. The van der Waals surface area contributed by atoms with Crippen LogP contribution in [0, 0.1) is 6.92 Å². The Morgan fingerprint density at radius 3 is 2.89 bits per heavy atom. The molecule has 0 saturated carbocycles. The first-order valence-corrected chi connectivity index (χ1v) is 5.55. The van der Waals surface area contributed by atoms with Gasteiger partial charge in [-0.25, -0.2) is 14.8 Å². The lowest BCUT2D eigenvalue weighted by Crippen LogP contribution is -2.08. The number of aryl methyl sites for hydroxylation is 2. The van der Waals surface area contributed by atoms with Crippen molar-refractivity contribution in [2.75, 3.05) is 0 Å². The molecule has 18 heavy (non-hydrogen) atoms. The van der Waals surface area contributed by atoms with Crippen molar-refractivity contribution in [1.29, 1.82) is 0 Å². The fourth-order valence-electron chi connectivity index (χ4n) is 1.91. The highest BCUT2D eigenvalue weighted by Gasteiger charge is 2.08. The Morgan fingerprint density at radius 2 is 2.11 bits per heavy atom. The van der Waals surface area contributed by atoms with E-state index in [1.807, 2.05) is 31.2 Å². The van der Waals surface area contributed by atoms with E-state index in [4.69, 9.17) is 4.42 Å². The third-order valence-corrected chi connectivity index (χ3v) is 2.86. The maximum absolute atomic E-state index is 11.4. The minimum absolute atomic E-state index is 0.360. The predicted molar refractivity (Wildman–Crippen MR) is 67.2 cm³/mol. The van der Waals surface area contributed by atoms with Gasteiger partial charge in [-0.05, 0) is 25.1 Å². The molecule has 0 saturated heterocycles. The first-order chi connectivity index (χ1) is 8.65. The van der Waals surface area contributed by atoms with Crippen molar-refractivity contribution in [3.63, 3.8) is 0 Å². The van der Waals surface area contributed by atoms with Crippen LogP contribution in [0.4, 0.5) is 0 Å². The number of nitrogens with zero attached hydrogens (tertiary/aromatic N) is 3. The highest BCUT2D eigenvalue weighted by Crippen LogP contribution is 2.21. The SMILES string of the molecule is Cc1nccc(-c2ccc3c(c2)oc(=O)n3C)n1. The summed E-state index contributed by atoms with van der Waals surface area (Å²) in [7, 11) is 1.68. The molecule has 2 heterocycles. The van der Waals surface area contributed by atoms with Gasteiger partial charge in [-0.1, -0.05) is 6.07 Å². The molecular formula is C13H11N3O2. The van der Waals surface area contributed by atoms with E-state index >= 15 is 0 Å². The summed E-state index contributed by atoms with van der Waals surface area (Å²) in [5.74, 6) is 0.350. The van der Waals surface area contributed by atoms with Crippen molar-refractivity contribution in [1.82, 2.24) is 14.5 Å². The van der Waals surface area contributed by atoms with Crippen LogP contribution >= 0.6 is 0 Å². The first-order valence-electron chi connectivity index (χ1n) is 5.55. The van der Waals surface area contributed by atoms with Gasteiger partial charge in [0.1, 0.15) is 5.82 Å². The van der Waals surface area contributed by atoms with E-state index in [9.17, 15) is 4.79 Å². The summed E-state index contributed by atoms with van der Waals surface area (Å²) in [6.07, 6.45) is 1.71. The van der Waals surface area contributed by atoms with Crippen LogP contribution in [0.3, 0.4) is 0 Å². The van der Waals surface area contributed by atoms with E-state index in [-0.39, 0.29) is 5.76 Å². The Kier molecular flexibility index (Phi) is 2.26. The van der Waals surface area contributed by atoms with Gasteiger partial charge in [0.2, 0.25) is 0 Å². The summed E-state index contributed by atoms with van der Waals surface area (Å²) in [6, 6.07) is 7.42. The molecule has 0 spiro atoms. The molecule has 90 valence electrons. The summed E-state index contributed by atoms with van der Waals surface area (Å²) in [4.78, 5) is 19.8.